The molecule has 0 bridgehead atoms. The monoisotopic (exact) mass is 290 g/mol. The molecule has 1 heterocycles. The van der Waals surface area contributed by atoms with Crippen LogP contribution < -0.4 is 5.73 Å². The van der Waals surface area contributed by atoms with Gasteiger partial charge in [0.1, 0.15) is 0 Å². The van der Waals surface area contributed by atoms with Crippen molar-refractivity contribution >= 4 is 10.0 Å². The van der Waals surface area contributed by atoms with Gasteiger partial charge in [-0.15, -0.1) is 0 Å². The van der Waals surface area contributed by atoms with E-state index in [1.807, 2.05) is 6.92 Å². The van der Waals surface area contributed by atoms with Crippen LogP contribution >= 0.6 is 0 Å². The molecule has 1 aliphatic carbocycles. The van der Waals surface area contributed by atoms with Crippen molar-refractivity contribution < 1.29 is 13.2 Å². The molecule has 2 fully saturated rings. The summed E-state index contributed by atoms with van der Waals surface area (Å²) in [6.45, 7) is 4.20. The Morgan fingerprint density at radius 2 is 1.89 bits per heavy atom. The molecule has 0 aromatic carbocycles. The molecule has 19 heavy (non-hydrogen) atoms. The van der Waals surface area contributed by atoms with E-state index in [0.717, 1.165) is 19.3 Å². The smallest absolute Gasteiger partial charge is 0.217 e. The lowest BCUT2D eigenvalue weighted by Gasteiger charge is -2.35. The zero-order valence-corrected chi connectivity index (χ0v) is 12.6. The Balaban J connectivity index is 2.15. The van der Waals surface area contributed by atoms with Crippen LogP contribution in [0.2, 0.25) is 0 Å². The van der Waals surface area contributed by atoms with Gasteiger partial charge >= 0.3 is 0 Å². The first-order valence-electron chi connectivity index (χ1n) is 7.39. The number of ether oxygens (including phenoxy) is 1. The van der Waals surface area contributed by atoms with Gasteiger partial charge in [-0.2, -0.15) is 4.31 Å². The molecular weight excluding hydrogens is 264 g/mol. The summed E-state index contributed by atoms with van der Waals surface area (Å²) in [6.07, 6.45) is 4.35. The summed E-state index contributed by atoms with van der Waals surface area (Å²) >= 11 is 0. The zero-order chi connectivity index (χ0) is 13.9. The predicted octanol–water partition coefficient (Wildman–Crippen LogP) is 0.945. The van der Waals surface area contributed by atoms with E-state index in [2.05, 4.69) is 0 Å². The average molecular weight is 290 g/mol. The normalized spacial score (nSPS) is 30.1. The lowest BCUT2D eigenvalue weighted by molar-refractivity contribution is 0.0965. The van der Waals surface area contributed by atoms with Gasteiger partial charge in [0.25, 0.3) is 0 Å². The first kappa shape index (κ1) is 15.2. The second-order valence-electron chi connectivity index (χ2n) is 5.55. The van der Waals surface area contributed by atoms with Crippen LogP contribution in [0.5, 0.6) is 0 Å². The van der Waals surface area contributed by atoms with Crippen LogP contribution in [0.4, 0.5) is 0 Å². The largest absolute Gasteiger partial charge is 0.381 e. The van der Waals surface area contributed by atoms with Crippen LogP contribution in [0, 0.1) is 5.92 Å². The molecule has 6 heteroatoms. The van der Waals surface area contributed by atoms with Gasteiger partial charge < -0.3 is 10.5 Å². The Bertz CT molecular complexity index is 379. The lowest BCUT2D eigenvalue weighted by Crippen LogP contribution is -2.48. The van der Waals surface area contributed by atoms with Gasteiger partial charge in [0.2, 0.25) is 10.0 Å². The van der Waals surface area contributed by atoms with Crippen LogP contribution in [0.1, 0.15) is 39.0 Å². The molecule has 0 aromatic rings. The summed E-state index contributed by atoms with van der Waals surface area (Å²) in [5.74, 6) is 0.328. The number of sulfonamides is 1. The quantitative estimate of drug-likeness (QED) is 0.818. The Kier molecular flexibility index (Phi) is 5.22. The summed E-state index contributed by atoms with van der Waals surface area (Å²) < 4.78 is 32.6. The molecule has 0 spiro atoms. The van der Waals surface area contributed by atoms with Crippen molar-refractivity contribution in [3.05, 3.63) is 0 Å². The van der Waals surface area contributed by atoms with Crippen molar-refractivity contribution in [1.82, 2.24) is 4.31 Å². The number of rotatable bonds is 5. The van der Waals surface area contributed by atoms with Gasteiger partial charge in [0.05, 0.1) is 5.25 Å². The van der Waals surface area contributed by atoms with E-state index in [1.54, 1.807) is 4.31 Å². The molecule has 2 atom stereocenters. The summed E-state index contributed by atoms with van der Waals surface area (Å²) in [5.41, 5.74) is 5.80. The molecule has 1 aliphatic heterocycles. The number of hydrogen-bond acceptors (Lipinski definition) is 4. The molecule has 2 unspecified atom stereocenters. The fourth-order valence-electron chi connectivity index (χ4n) is 3.44. The van der Waals surface area contributed by atoms with Crippen LogP contribution in [-0.2, 0) is 14.8 Å². The lowest BCUT2D eigenvalue weighted by atomic mass is 10.0. The number of nitrogens with two attached hydrogens (primary N) is 1. The van der Waals surface area contributed by atoms with E-state index in [9.17, 15) is 8.42 Å². The molecule has 1 saturated carbocycles. The Morgan fingerprint density at radius 3 is 2.47 bits per heavy atom. The molecule has 2 aliphatic rings. The van der Waals surface area contributed by atoms with Crippen molar-refractivity contribution in [1.29, 1.82) is 0 Å². The maximum absolute atomic E-state index is 12.8. The van der Waals surface area contributed by atoms with E-state index >= 15 is 0 Å². The SMILES string of the molecule is CCN(C1CCCC1CN)S(=O)(=O)C1CCOCC1. The molecule has 112 valence electrons. The van der Waals surface area contributed by atoms with Crippen molar-refractivity contribution in [2.75, 3.05) is 26.3 Å². The molecule has 1 saturated heterocycles. The highest BCUT2D eigenvalue weighted by atomic mass is 32.2. The molecule has 0 radical (unpaired) electrons. The fourth-order valence-corrected chi connectivity index (χ4v) is 5.63. The summed E-state index contributed by atoms with van der Waals surface area (Å²) in [6, 6.07) is 0.114. The first-order valence-corrected chi connectivity index (χ1v) is 8.90. The molecular formula is C13H26N2O3S. The summed E-state index contributed by atoms with van der Waals surface area (Å²) in [5, 5.41) is -0.264. The maximum Gasteiger partial charge on any atom is 0.217 e. The molecule has 2 N–H and O–H groups in total. The van der Waals surface area contributed by atoms with Crippen molar-refractivity contribution in [2.45, 2.75) is 50.3 Å². The third kappa shape index (κ3) is 3.12. The van der Waals surface area contributed by atoms with E-state index in [0.29, 0.717) is 45.1 Å². The Labute approximate surface area is 116 Å². The number of hydrogen-bond donors (Lipinski definition) is 1. The van der Waals surface area contributed by atoms with E-state index in [-0.39, 0.29) is 11.3 Å². The van der Waals surface area contributed by atoms with Crippen LogP contribution in [0.3, 0.4) is 0 Å². The second-order valence-corrected chi connectivity index (χ2v) is 7.72. The predicted molar refractivity (Wildman–Crippen MR) is 75.3 cm³/mol. The molecule has 5 nitrogen and oxygen atoms in total. The Morgan fingerprint density at radius 1 is 1.21 bits per heavy atom. The van der Waals surface area contributed by atoms with E-state index in [4.69, 9.17) is 10.5 Å². The maximum atomic E-state index is 12.8. The van der Waals surface area contributed by atoms with Crippen molar-refractivity contribution in [3.63, 3.8) is 0 Å². The average Bonchev–Trinajstić information content (AvgIpc) is 2.88. The van der Waals surface area contributed by atoms with E-state index in [1.165, 1.54) is 0 Å². The first-order chi connectivity index (χ1) is 9.11. The summed E-state index contributed by atoms with van der Waals surface area (Å²) in [7, 11) is -3.20. The van der Waals surface area contributed by atoms with Gasteiger partial charge in [-0.05, 0) is 38.1 Å². The van der Waals surface area contributed by atoms with Crippen LogP contribution in [0.15, 0.2) is 0 Å². The Hall–Kier alpha value is -0.170. The van der Waals surface area contributed by atoms with E-state index < -0.39 is 10.0 Å². The highest BCUT2D eigenvalue weighted by Gasteiger charge is 2.40. The highest BCUT2D eigenvalue weighted by Crippen LogP contribution is 2.33. The molecule has 0 amide bonds. The van der Waals surface area contributed by atoms with Gasteiger partial charge in [0, 0.05) is 25.8 Å². The topological polar surface area (TPSA) is 72.6 Å². The zero-order valence-electron chi connectivity index (χ0n) is 11.8. The van der Waals surface area contributed by atoms with Crippen molar-refractivity contribution in [2.24, 2.45) is 11.7 Å². The number of nitrogens with zero attached hydrogens (tertiary/aromatic N) is 1. The van der Waals surface area contributed by atoms with Gasteiger partial charge in [0.15, 0.2) is 0 Å². The minimum absolute atomic E-state index is 0.114. The van der Waals surface area contributed by atoms with Gasteiger partial charge in [-0.1, -0.05) is 13.3 Å². The summed E-state index contributed by atoms with van der Waals surface area (Å²) in [4.78, 5) is 0. The minimum atomic E-state index is -3.20. The van der Waals surface area contributed by atoms with Gasteiger partial charge in [-0.3, -0.25) is 0 Å². The van der Waals surface area contributed by atoms with Crippen LogP contribution in [-0.4, -0.2) is 50.3 Å². The standard InChI is InChI=1S/C13H26N2O3S/c1-2-15(13-5-3-4-11(13)10-14)19(16,17)12-6-8-18-9-7-12/h11-13H,2-10,14H2,1H3. The third-order valence-corrected chi connectivity index (χ3v) is 7.02. The molecule has 2 rings (SSSR count). The van der Waals surface area contributed by atoms with Crippen LogP contribution in [0.25, 0.3) is 0 Å². The van der Waals surface area contributed by atoms with Gasteiger partial charge in [-0.25, -0.2) is 8.42 Å². The minimum Gasteiger partial charge on any atom is -0.381 e. The third-order valence-electron chi connectivity index (χ3n) is 4.52. The highest BCUT2D eigenvalue weighted by molar-refractivity contribution is 7.89. The second kappa shape index (κ2) is 6.52. The van der Waals surface area contributed by atoms with Crippen molar-refractivity contribution in [3.8, 4) is 0 Å². The fraction of sp³-hybridized carbons (Fsp3) is 1.00. The molecule has 0 aromatic heterocycles.